The van der Waals surface area contributed by atoms with Crippen molar-refractivity contribution in [2.75, 3.05) is 18.1 Å². The Morgan fingerprint density at radius 1 is 1.34 bits per heavy atom. The van der Waals surface area contributed by atoms with Gasteiger partial charge < -0.3 is 20.1 Å². The molecule has 2 aromatic heterocycles. The molecule has 8 nitrogen and oxygen atoms in total. The van der Waals surface area contributed by atoms with Crippen LogP contribution in [0, 0.1) is 0 Å². The number of nitrogens with one attached hydrogen (secondary N) is 1. The molecule has 3 aromatic rings. The van der Waals surface area contributed by atoms with E-state index in [0.29, 0.717) is 28.9 Å². The fourth-order valence-corrected chi connectivity index (χ4v) is 4.74. The van der Waals surface area contributed by atoms with E-state index >= 15 is 0 Å². The number of amides is 1. The number of anilines is 2. The number of aliphatic hydroxyl groups excluding tert-OH is 1. The number of aliphatic hydroxyl groups is 1. The number of carbonyl (C=O) groups excluding carboxylic acids is 1. The zero-order chi connectivity index (χ0) is 20.3. The molecule has 4 heterocycles. The Morgan fingerprint density at radius 3 is 2.93 bits per heavy atom. The van der Waals surface area contributed by atoms with Crippen LogP contribution in [0.5, 0.6) is 5.75 Å². The Hall–Kier alpha value is -2.91. The van der Waals surface area contributed by atoms with E-state index in [2.05, 4.69) is 20.3 Å². The molecule has 2 aliphatic heterocycles. The number of hydrogen-bond donors (Lipinski definition) is 2. The number of ether oxygens (including phenoxy) is 1. The van der Waals surface area contributed by atoms with Crippen molar-refractivity contribution < 1.29 is 14.6 Å². The van der Waals surface area contributed by atoms with Gasteiger partial charge in [0.2, 0.25) is 0 Å². The normalized spacial score (nSPS) is 19.9. The van der Waals surface area contributed by atoms with Crippen LogP contribution in [0.1, 0.15) is 35.3 Å². The summed E-state index contributed by atoms with van der Waals surface area (Å²) in [5.41, 5.74) is 2.60. The molecule has 0 aliphatic carbocycles. The number of rotatable bonds is 2. The van der Waals surface area contributed by atoms with Crippen LogP contribution in [0.4, 0.5) is 10.8 Å². The molecule has 9 heteroatoms. The van der Waals surface area contributed by atoms with Gasteiger partial charge in [0.25, 0.3) is 5.91 Å². The average molecular weight is 411 g/mol. The quantitative estimate of drug-likeness (QED) is 0.674. The molecular weight excluding hydrogens is 390 g/mol. The summed E-state index contributed by atoms with van der Waals surface area (Å²) >= 11 is 1.29. The number of hydrogen-bond acceptors (Lipinski definition) is 7. The Labute approximate surface area is 171 Å². The number of benzene rings is 1. The summed E-state index contributed by atoms with van der Waals surface area (Å²) in [4.78, 5) is 19.7. The van der Waals surface area contributed by atoms with E-state index in [0.717, 1.165) is 22.6 Å². The highest BCUT2D eigenvalue weighted by atomic mass is 32.1. The maximum absolute atomic E-state index is 12.5. The maximum atomic E-state index is 12.5. The topological polar surface area (TPSA) is 92.5 Å². The van der Waals surface area contributed by atoms with Crippen LogP contribution < -0.4 is 15.0 Å². The lowest BCUT2D eigenvalue weighted by atomic mass is 9.91. The lowest BCUT2D eigenvalue weighted by Crippen LogP contribution is -2.51. The molecule has 2 N–H and O–H groups in total. The largest absolute Gasteiger partial charge is 0.490 e. The fourth-order valence-electron chi connectivity index (χ4n) is 3.71. The summed E-state index contributed by atoms with van der Waals surface area (Å²) in [6, 6.07) is 6.00. The monoisotopic (exact) mass is 411 g/mol. The van der Waals surface area contributed by atoms with Crippen LogP contribution in [0.25, 0.3) is 11.1 Å². The Kier molecular flexibility index (Phi) is 3.94. The number of nitrogens with zero attached hydrogens (tertiary/aromatic N) is 4. The van der Waals surface area contributed by atoms with Gasteiger partial charge in [0.15, 0.2) is 5.13 Å². The Bertz CT molecular complexity index is 1120. The molecule has 0 saturated carbocycles. The molecule has 2 aliphatic rings. The van der Waals surface area contributed by atoms with E-state index < -0.39 is 11.6 Å². The highest BCUT2D eigenvalue weighted by Crippen LogP contribution is 2.44. The third-order valence-electron chi connectivity index (χ3n) is 5.32. The molecular formula is C20H21N5O3S. The van der Waals surface area contributed by atoms with Gasteiger partial charge in [-0.15, -0.1) is 0 Å². The first-order valence-electron chi connectivity index (χ1n) is 9.38. The summed E-state index contributed by atoms with van der Waals surface area (Å²) in [7, 11) is 1.88. The summed E-state index contributed by atoms with van der Waals surface area (Å²) in [6.45, 7) is 4.71. The molecule has 0 radical (unpaired) electrons. The second-order valence-electron chi connectivity index (χ2n) is 7.87. The second kappa shape index (κ2) is 6.30. The number of thiazole rings is 1. The molecule has 0 saturated heterocycles. The van der Waals surface area contributed by atoms with Gasteiger partial charge in [-0.05, 0) is 31.5 Å². The molecule has 150 valence electrons. The zero-order valence-corrected chi connectivity index (χ0v) is 17.2. The van der Waals surface area contributed by atoms with Gasteiger partial charge in [0.1, 0.15) is 23.3 Å². The van der Waals surface area contributed by atoms with Crippen LogP contribution in [0.15, 0.2) is 30.6 Å². The lowest BCUT2D eigenvalue weighted by Gasteiger charge is -2.34. The van der Waals surface area contributed by atoms with E-state index in [4.69, 9.17) is 4.74 Å². The Morgan fingerprint density at radius 2 is 2.17 bits per heavy atom. The van der Waals surface area contributed by atoms with Gasteiger partial charge in [0, 0.05) is 18.8 Å². The van der Waals surface area contributed by atoms with Crippen LogP contribution in [0.3, 0.4) is 0 Å². The highest BCUT2D eigenvalue weighted by molar-refractivity contribution is 7.17. The maximum Gasteiger partial charge on any atom is 0.263 e. The SMILES string of the molecule is Cn1cc(-c2ccc3c(c2)N(c2nc4c(s2)C(=O)NC(C)(C)C4O)CCO3)cn1. The Balaban J connectivity index is 1.58. The minimum Gasteiger partial charge on any atom is -0.490 e. The predicted molar refractivity (Wildman–Crippen MR) is 110 cm³/mol. The van der Waals surface area contributed by atoms with E-state index in [1.165, 1.54) is 11.3 Å². The van der Waals surface area contributed by atoms with Crippen LogP contribution in [-0.2, 0) is 7.05 Å². The minimum absolute atomic E-state index is 0.198. The van der Waals surface area contributed by atoms with Crippen LogP contribution in [-0.4, -0.2) is 44.5 Å². The van der Waals surface area contributed by atoms with E-state index in [-0.39, 0.29) is 5.91 Å². The van der Waals surface area contributed by atoms with Crippen molar-refractivity contribution in [1.82, 2.24) is 20.1 Å². The standard InChI is InChI=1S/C20H21N5O3S/c1-20(2)17(26)15-16(18(27)23-20)29-19(22-15)25-6-7-28-14-5-4-11(8-13(14)25)12-9-21-24(3)10-12/h4-5,8-10,17,26H,6-7H2,1-3H3,(H,23,27). The zero-order valence-electron chi connectivity index (χ0n) is 16.3. The minimum atomic E-state index is -0.859. The first-order valence-corrected chi connectivity index (χ1v) is 10.2. The number of fused-ring (bicyclic) bond motifs is 2. The van der Waals surface area contributed by atoms with Gasteiger partial charge in [-0.25, -0.2) is 4.98 Å². The van der Waals surface area contributed by atoms with Crippen molar-refractivity contribution >= 4 is 28.1 Å². The molecule has 0 bridgehead atoms. The van der Waals surface area contributed by atoms with Crippen molar-refractivity contribution in [1.29, 1.82) is 0 Å². The predicted octanol–water partition coefficient (Wildman–Crippen LogP) is 2.63. The summed E-state index contributed by atoms with van der Waals surface area (Å²) in [5.74, 6) is 0.569. The van der Waals surface area contributed by atoms with Gasteiger partial charge >= 0.3 is 0 Å². The van der Waals surface area contributed by atoms with Crippen molar-refractivity contribution in [3.63, 3.8) is 0 Å². The summed E-state index contributed by atoms with van der Waals surface area (Å²) < 4.78 is 7.60. The van der Waals surface area contributed by atoms with Gasteiger partial charge in [-0.2, -0.15) is 5.10 Å². The lowest BCUT2D eigenvalue weighted by molar-refractivity contribution is 0.0533. The van der Waals surface area contributed by atoms with Crippen molar-refractivity contribution in [3.8, 4) is 16.9 Å². The van der Waals surface area contributed by atoms with E-state index in [1.54, 1.807) is 18.5 Å². The summed E-state index contributed by atoms with van der Waals surface area (Å²) in [6.07, 6.45) is 2.92. The third-order valence-corrected chi connectivity index (χ3v) is 6.41. The molecule has 5 rings (SSSR count). The summed E-state index contributed by atoms with van der Waals surface area (Å²) in [5, 5.41) is 18.5. The number of aryl methyl sites for hydroxylation is 1. The highest BCUT2D eigenvalue weighted by Gasteiger charge is 2.42. The molecule has 0 spiro atoms. The molecule has 1 amide bonds. The van der Waals surface area contributed by atoms with Gasteiger partial charge in [0.05, 0.1) is 29.7 Å². The van der Waals surface area contributed by atoms with Gasteiger partial charge in [-0.3, -0.25) is 9.48 Å². The average Bonchev–Trinajstić information content (AvgIpc) is 3.32. The van der Waals surface area contributed by atoms with Gasteiger partial charge in [-0.1, -0.05) is 17.4 Å². The van der Waals surface area contributed by atoms with Crippen molar-refractivity contribution in [2.24, 2.45) is 7.05 Å². The molecule has 29 heavy (non-hydrogen) atoms. The van der Waals surface area contributed by atoms with Crippen molar-refractivity contribution in [3.05, 3.63) is 41.2 Å². The number of aromatic nitrogens is 3. The smallest absolute Gasteiger partial charge is 0.263 e. The molecule has 1 unspecified atom stereocenters. The molecule has 1 atom stereocenters. The molecule has 0 fully saturated rings. The third kappa shape index (κ3) is 2.89. The first kappa shape index (κ1) is 18.1. The van der Waals surface area contributed by atoms with Crippen LogP contribution >= 0.6 is 11.3 Å². The van der Waals surface area contributed by atoms with E-state index in [1.807, 2.05) is 37.6 Å². The van der Waals surface area contributed by atoms with Crippen molar-refractivity contribution in [2.45, 2.75) is 25.5 Å². The van der Waals surface area contributed by atoms with E-state index in [9.17, 15) is 9.90 Å². The molecule has 1 aromatic carbocycles. The fraction of sp³-hybridized carbons (Fsp3) is 0.350. The first-order chi connectivity index (χ1) is 13.8. The second-order valence-corrected chi connectivity index (χ2v) is 8.85. The number of carbonyl (C=O) groups is 1. The van der Waals surface area contributed by atoms with Crippen LogP contribution in [0.2, 0.25) is 0 Å².